The van der Waals surface area contributed by atoms with E-state index in [0.717, 1.165) is 67.4 Å². The van der Waals surface area contributed by atoms with Crippen LogP contribution in [0.15, 0.2) is 17.0 Å². The van der Waals surface area contributed by atoms with E-state index in [1.807, 2.05) is 0 Å². The first kappa shape index (κ1) is 32.3. The van der Waals surface area contributed by atoms with E-state index < -0.39 is 44.0 Å². The van der Waals surface area contributed by atoms with Gasteiger partial charge in [0.15, 0.2) is 11.6 Å². The molecule has 12 bridgehead atoms. The SMILES string of the molecule is O=S(=O)([O-])c1c(F)c(F)c(Oc2c(C34CC5CC(CC(C5)C3)C4)cc(C34CC5CC(CC(C5)C3)C4)cc2C23CC4CC(CC(C4)C2)C3)c(F)c1F. The van der Waals surface area contributed by atoms with Crippen LogP contribution in [0.1, 0.15) is 132 Å². The lowest BCUT2D eigenvalue weighted by molar-refractivity contribution is -0.0129. The first-order chi connectivity index (χ1) is 24.3. The molecular weight excluding hydrogens is 677 g/mol. The monoisotopic (exact) mass is 723 g/mol. The molecule has 0 amide bonds. The van der Waals surface area contributed by atoms with Crippen LogP contribution in [0.4, 0.5) is 17.6 Å². The fraction of sp³-hybridized carbons (Fsp3) is 0.714. The zero-order valence-corrected chi connectivity index (χ0v) is 29.9. The second-order valence-electron chi connectivity index (χ2n) is 20.0. The van der Waals surface area contributed by atoms with Crippen molar-refractivity contribution >= 4 is 10.1 Å². The third-order valence-electron chi connectivity index (χ3n) is 16.6. The zero-order chi connectivity index (χ0) is 34.8. The van der Waals surface area contributed by atoms with Crippen LogP contribution in [0.2, 0.25) is 0 Å². The van der Waals surface area contributed by atoms with Crippen molar-refractivity contribution in [2.24, 2.45) is 53.3 Å². The third-order valence-corrected chi connectivity index (χ3v) is 17.5. The van der Waals surface area contributed by atoms with Crippen molar-refractivity contribution in [3.8, 4) is 11.5 Å². The lowest BCUT2D eigenvalue weighted by atomic mass is 9.45. The summed E-state index contributed by atoms with van der Waals surface area (Å²) in [7, 11) is -5.84. The van der Waals surface area contributed by atoms with Gasteiger partial charge in [-0.05, 0) is 191 Å². The van der Waals surface area contributed by atoms with Gasteiger partial charge in [0.05, 0.1) is 0 Å². The first-order valence-corrected chi connectivity index (χ1v) is 21.4. The van der Waals surface area contributed by atoms with E-state index in [1.54, 1.807) is 0 Å². The van der Waals surface area contributed by atoms with Crippen LogP contribution in [0, 0.1) is 76.5 Å². The van der Waals surface area contributed by atoms with Gasteiger partial charge >= 0.3 is 0 Å². The molecule has 0 saturated heterocycles. The molecule has 4 nitrogen and oxygen atoms in total. The van der Waals surface area contributed by atoms with Crippen molar-refractivity contribution in [2.75, 3.05) is 0 Å². The Labute approximate surface area is 298 Å². The minimum atomic E-state index is -5.84. The highest BCUT2D eigenvalue weighted by Crippen LogP contribution is 2.68. The predicted molar refractivity (Wildman–Crippen MR) is 180 cm³/mol. The Morgan fingerprint density at radius 3 is 1.08 bits per heavy atom. The summed E-state index contributed by atoms with van der Waals surface area (Å²) in [5.41, 5.74) is 2.84. The molecule has 51 heavy (non-hydrogen) atoms. The van der Waals surface area contributed by atoms with E-state index in [2.05, 4.69) is 12.1 Å². The average Bonchev–Trinajstić information content (AvgIpc) is 3.03. The second kappa shape index (κ2) is 10.5. The van der Waals surface area contributed by atoms with Gasteiger partial charge in [0.25, 0.3) is 0 Å². The maximum Gasteiger partial charge on any atom is 0.205 e. The maximum absolute atomic E-state index is 16.0. The maximum atomic E-state index is 16.0. The quantitative estimate of drug-likeness (QED) is 0.169. The van der Waals surface area contributed by atoms with Crippen LogP contribution >= 0.6 is 0 Å². The zero-order valence-electron chi connectivity index (χ0n) is 29.1. The molecule has 0 aromatic heterocycles. The van der Waals surface area contributed by atoms with Gasteiger partial charge in [0, 0.05) is 11.1 Å². The van der Waals surface area contributed by atoms with Crippen molar-refractivity contribution in [3.63, 3.8) is 0 Å². The van der Waals surface area contributed by atoms with Gasteiger partial charge in [0.2, 0.25) is 17.4 Å². The van der Waals surface area contributed by atoms with E-state index in [0.29, 0.717) is 41.3 Å². The molecule has 0 heterocycles. The molecule has 0 spiro atoms. The first-order valence-electron chi connectivity index (χ1n) is 20.0. The molecule has 12 saturated carbocycles. The smallest absolute Gasteiger partial charge is 0.205 e. The van der Waals surface area contributed by atoms with Crippen molar-refractivity contribution < 1.29 is 35.3 Å². The summed E-state index contributed by atoms with van der Waals surface area (Å²) in [5.74, 6) is -3.72. The van der Waals surface area contributed by atoms with Gasteiger partial charge in [-0.25, -0.2) is 17.2 Å². The number of hydrogen-bond donors (Lipinski definition) is 0. The molecule has 0 radical (unpaired) electrons. The Balaban J connectivity index is 1.17. The van der Waals surface area contributed by atoms with Crippen molar-refractivity contribution in [3.05, 3.63) is 52.1 Å². The van der Waals surface area contributed by atoms with Crippen molar-refractivity contribution in [1.82, 2.24) is 0 Å². The summed E-state index contributed by atoms with van der Waals surface area (Å²) < 4.78 is 104. The molecular formula is C42H47F4O4S-. The topological polar surface area (TPSA) is 66.4 Å². The lowest BCUT2D eigenvalue weighted by Gasteiger charge is -2.60. The summed E-state index contributed by atoms with van der Waals surface area (Å²) in [4.78, 5) is -2.13. The fourth-order valence-corrected chi connectivity index (χ4v) is 16.8. The van der Waals surface area contributed by atoms with Crippen LogP contribution in [0.5, 0.6) is 11.5 Å². The number of hydrogen-bond acceptors (Lipinski definition) is 4. The van der Waals surface area contributed by atoms with E-state index >= 15 is 17.6 Å². The third kappa shape index (κ3) is 4.67. The Morgan fingerprint density at radius 2 is 0.784 bits per heavy atom. The van der Waals surface area contributed by atoms with E-state index in [9.17, 15) is 13.0 Å². The number of halogens is 4. The minimum Gasteiger partial charge on any atom is -0.744 e. The van der Waals surface area contributed by atoms with Crippen molar-refractivity contribution in [1.29, 1.82) is 0 Å². The molecule has 0 N–H and O–H groups in total. The Hall–Kier alpha value is -2.13. The number of rotatable bonds is 6. The lowest BCUT2D eigenvalue weighted by Crippen LogP contribution is -2.51. The highest BCUT2D eigenvalue weighted by molar-refractivity contribution is 7.85. The van der Waals surface area contributed by atoms with E-state index in [1.165, 1.54) is 82.6 Å². The largest absolute Gasteiger partial charge is 0.744 e. The summed E-state index contributed by atoms with van der Waals surface area (Å²) in [6, 6.07) is 4.69. The predicted octanol–water partition coefficient (Wildman–Crippen LogP) is 10.3. The van der Waals surface area contributed by atoms with Crippen LogP contribution < -0.4 is 4.74 Å². The molecule has 12 aliphatic rings. The normalized spacial score (nSPS) is 44.1. The molecule has 2 aromatic rings. The summed E-state index contributed by atoms with van der Waals surface area (Å²) in [6.07, 6.45) is 20.5. The summed E-state index contributed by atoms with van der Waals surface area (Å²) in [6.45, 7) is 0. The molecule has 0 aliphatic heterocycles. The van der Waals surface area contributed by atoms with Gasteiger partial charge in [-0.1, -0.05) is 12.1 Å². The van der Waals surface area contributed by atoms with Crippen molar-refractivity contribution in [2.45, 2.75) is 137 Å². The van der Waals surface area contributed by atoms with Gasteiger partial charge in [-0.2, -0.15) is 8.78 Å². The average molecular weight is 724 g/mol. The molecule has 9 heteroatoms. The highest BCUT2D eigenvalue weighted by atomic mass is 32.2. The number of benzene rings is 2. The Morgan fingerprint density at radius 1 is 0.490 bits per heavy atom. The molecule has 0 unspecified atom stereocenters. The van der Waals surface area contributed by atoms with Gasteiger partial charge in [-0.3, -0.25) is 0 Å². The van der Waals surface area contributed by atoms with Crippen LogP contribution in [-0.2, 0) is 26.4 Å². The van der Waals surface area contributed by atoms with E-state index in [4.69, 9.17) is 4.74 Å². The molecule has 12 aliphatic carbocycles. The van der Waals surface area contributed by atoms with Crippen LogP contribution in [0.25, 0.3) is 0 Å². The molecule has 14 rings (SSSR count). The van der Waals surface area contributed by atoms with E-state index in [-0.39, 0.29) is 16.2 Å². The van der Waals surface area contributed by atoms with Crippen LogP contribution in [-0.4, -0.2) is 13.0 Å². The molecule has 12 fully saturated rings. The van der Waals surface area contributed by atoms with Gasteiger partial charge < -0.3 is 9.29 Å². The standard InChI is InChI=1S/C42H48F4O4S/c43-33-35(45)39(51(47,48)49)36(46)34(44)38(33)50-37-31(41-15-24-4-25(16-41)6-26(5-24)17-41)10-30(40-12-21-1-22(13-40)3-23(2-21)14-40)11-32(37)42-18-27-7-28(19-42)9-29(8-27)20-42/h10-11,21-29H,1-9,12-20H2,(H,47,48,49)/p-1. The van der Waals surface area contributed by atoms with Crippen LogP contribution in [0.3, 0.4) is 0 Å². The summed E-state index contributed by atoms with van der Waals surface area (Å²) >= 11 is 0. The highest BCUT2D eigenvalue weighted by Gasteiger charge is 2.58. The Bertz CT molecular complexity index is 1770. The summed E-state index contributed by atoms with van der Waals surface area (Å²) in [5, 5.41) is 0. The molecule has 0 atom stereocenters. The molecule has 274 valence electrons. The molecule has 2 aromatic carbocycles. The number of ether oxygens (including phenoxy) is 1. The van der Waals surface area contributed by atoms with Gasteiger partial charge in [0.1, 0.15) is 20.8 Å². The Kier molecular flexibility index (Phi) is 6.68. The fourth-order valence-electron chi connectivity index (χ4n) is 16.2. The van der Waals surface area contributed by atoms with Gasteiger partial charge in [-0.15, -0.1) is 0 Å². The second-order valence-corrected chi connectivity index (χ2v) is 21.3. The minimum absolute atomic E-state index is 0.0558.